The van der Waals surface area contributed by atoms with Crippen LogP contribution in [0.25, 0.3) is 16.9 Å². The molecular weight excluding hydrogens is 492 g/mol. The van der Waals surface area contributed by atoms with Crippen LogP contribution in [0.2, 0.25) is 0 Å². The molecule has 39 heavy (non-hydrogen) atoms. The molecule has 0 aliphatic carbocycles. The smallest absolute Gasteiger partial charge is 0.254 e. The zero-order valence-corrected chi connectivity index (χ0v) is 22.0. The monoisotopic (exact) mass is 524 g/mol. The van der Waals surface area contributed by atoms with Crippen molar-refractivity contribution >= 4 is 17.8 Å². The van der Waals surface area contributed by atoms with Gasteiger partial charge in [-0.3, -0.25) is 19.5 Å². The molecule has 8 nitrogen and oxygen atoms in total. The Morgan fingerprint density at radius 3 is 2.54 bits per heavy atom. The summed E-state index contributed by atoms with van der Waals surface area (Å²) in [6.07, 6.45) is 3.61. The van der Waals surface area contributed by atoms with Crippen LogP contribution in [0.1, 0.15) is 30.1 Å². The molecule has 1 saturated heterocycles. The van der Waals surface area contributed by atoms with Crippen LogP contribution in [0.3, 0.4) is 0 Å². The van der Waals surface area contributed by atoms with Gasteiger partial charge in [-0.2, -0.15) is 0 Å². The van der Waals surface area contributed by atoms with E-state index < -0.39 is 0 Å². The Bertz CT molecular complexity index is 1400. The Balaban J connectivity index is 1.42. The van der Waals surface area contributed by atoms with Crippen LogP contribution in [-0.4, -0.2) is 58.7 Å². The van der Waals surface area contributed by atoms with Crippen LogP contribution in [-0.2, 0) is 9.53 Å². The van der Waals surface area contributed by atoms with E-state index in [9.17, 15) is 9.59 Å². The van der Waals surface area contributed by atoms with Crippen molar-refractivity contribution in [3.05, 3.63) is 96.7 Å². The SMILES string of the molecule is CCOc1cccc(-n2cc(-c3ccccc3)nc2NC(=O)CN(C[C@@H]2CCCO2)C(=O)c2ccccc2)c1. The van der Waals surface area contributed by atoms with Crippen molar-refractivity contribution in [1.29, 1.82) is 0 Å². The number of ether oxygens (including phenoxy) is 2. The maximum atomic E-state index is 13.4. The molecule has 0 spiro atoms. The first kappa shape index (κ1) is 26.2. The molecule has 200 valence electrons. The average Bonchev–Trinajstić information content (AvgIpc) is 3.64. The lowest BCUT2D eigenvalue weighted by Crippen LogP contribution is -2.42. The lowest BCUT2D eigenvalue weighted by molar-refractivity contribution is -0.117. The van der Waals surface area contributed by atoms with E-state index in [4.69, 9.17) is 14.5 Å². The summed E-state index contributed by atoms with van der Waals surface area (Å²) in [5.74, 6) is 0.527. The van der Waals surface area contributed by atoms with E-state index in [0.717, 1.165) is 29.8 Å². The minimum atomic E-state index is -0.343. The van der Waals surface area contributed by atoms with E-state index in [1.54, 1.807) is 17.0 Å². The number of hydrogen-bond acceptors (Lipinski definition) is 5. The number of rotatable bonds is 10. The molecular formula is C31H32N4O4. The van der Waals surface area contributed by atoms with Crippen LogP contribution in [0.4, 0.5) is 5.95 Å². The van der Waals surface area contributed by atoms with Gasteiger partial charge < -0.3 is 14.4 Å². The van der Waals surface area contributed by atoms with Crippen LogP contribution >= 0.6 is 0 Å². The minimum Gasteiger partial charge on any atom is -0.494 e. The van der Waals surface area contributed by atoms with Gasteiger partial charge in [-0.25, -0.2) is 4.98 Å². The third kappa shape index (κ3) is 6.53. The van der Waals surface area contributed by atoms with Crippen molar-refractivity contribution in [2.45, 2.75) is 25.9 Å². The van der Waals surface area contributed by atoms with Gasteiger partial charge in [-0.15, -0.1) is 0 Å². The second-order valence-corrected chi connectivity index (χ2v) is 9.35. The van der Waals surface area contributed by atoms with Gasteiger partial charge in [0.2, 0.25) is 11.9 Å². The number of benzene rings is 3. The van der Waals surface area contributed by atoms with Crippen molar-refractivity contribution in [2.24, 2.45) is 0 Å². The molecule has 3 aromatic carbocycles. The van der Waals surface area contributed by atoms with Crippen molar-refractivity contribution in [3.63, 3.8) is 0 Å². The van der Waals surface area contributed by atoms with Gasteiger partial charge in [0.15, 0.2) is 0 Å². The Kier molecular flexibility index (Phi) is 8.33. The normalized spacial score (nSPS) is 14.6. The van der Waals surface area contributed by atoms with Crippen LogP contribution in [0.15, 0.2) is 91.1 Å². The molecule has 5 rings (SSSR count). The highest BCUT2D eigenvalue weighted by molar-refractivity contribution is 5.99. The molecule has 8 heteroatoms. The number of aromatic nitrogens is 2. The quantitative estimate of drug-likeness (QED) is 0.308. The highest BCUT2D eigenvalue weighted by atomic mass is 16.5. The molecule has 1 fully saturated rings. The first-order chi connectivity index (χ1) is 19.1. The molecule has 1 N–H and O–H groups in total. The fourth-order valence-electron chi connectivity index (χ4n) is 4.66. The molecule has 2 heterocycles. The molecule has 4 aromatic rings. The van der Waals surface area contributed by atoms with Gasteiger partial charge in [0.25, 0.3) is 5.91 Å². The summed E-state index contributed by atoms with van der Waals surface area (Å²) in [5, 5.41) is 2.95. The fraction of sp³-hybridized carbons (Fsp3) is 0.258. The van der Waals surface area contributed by atoms with E-state index in [1.165, 1.54) is 0 Å². The molecule has 0 saturated carbocycles. The van der Waals surface area contributed by atoms with Crippen LogP contribution in [0.5, 0.6) is 5.75 Å². The summed E-state index contributed by atoms with van der Waals surface area (Å²) in [7, 11) is 0. The van der Waals surface area contributed by atoms with Gasteiger partial charge in [-0.05, 0) is 44.0 Å². The molecule has 0 radical (unpaired) electrons. The first-order valence-electron chi connectivity index (χ1n) is 13.2. The minimum absolute atomic E-state index is 0.0848. The summed E-state index contributed by atoms with van der Waals surface area (Å²) < 4.78 is 13.3. The van der Waals surface area contributed by atoms with E-state index in [2.05, 4.69) is 5.32 Å². The Labute approximate surface area is 228 Å². The highest BCUT2D eigenvalue weighted by Crippen LogP contribution is 2.26. The van der Waals surface area contributed by atoms with Crippen molar-refractivity contribution in [2.75, 3.05) is 31.6 Å². The van der Waals surface area contributed by atoms with Crippen LogP contribution < -0.4 is 10.1 Å². The molecule has 0 bridgehead atoms. The van der Waals surface area contributed by atoms with E-state index in [-0.39, 0.29) is 24.5 Å². The molecule has 0 unspecified atom stereocenters. The van der Waals surface area contributed by atoms with Crippen LogP contribution in [0, 0.1) is 0 Å². The number of hydrogen-bond donors (Lipinski definition) is 1. The van der Waals surface area contributed by atoms with E-state index >= 15 is 0 Å². The van der Waals surface area contributed by atoms with Crippen molar-refractivity contribution in [1.82, 2.24) is 14.5 Å². The summed E-state index contributed by atoms with van der Waals surface area (Å²) in [5.41, 5.74) is 2.96. The number of carbonyl (C=O) groups is 2. The van der Waals surface area contributed by atoms with Gasteiger partial charge in [0, 0.05) is 36.5 Å². The topological polar surface area (TPSA) is 85.7 Å². The number of nitrogens with zero attached hydrogens (tertiary/aromatic N) is 3. The Morgan fingerprint density at radius 1 is 1.05 bits per heavy atom. The van der Waals surface area contributed by atoms with Gasteiger partial charge in [0.05, 0.1) is 24.1 Å². The number of imidazole rings is 1. The maximum absolute atomic E-state index is 13.4. The first-order valence-corrected chi connectivity index (χ1v) is 13.2. The average molecular weight is 525 g/mol. The number of carbonyl (C=O) groups excluding carboxylic acids is 2. The standard InChI is InChI=1S/C31H32N4O4/c1-2-38-26-16-9-15-25(19-26)35-21-28(23-11-5-3-6-12-23)32-31(35)33-29(36)22-34(20-27-17-10-18-39-27)30(37)24-13-7-4-8-14-24/h3-9,11-16,19,21,27H,2,10,17-18,20,22H2,1H3,(H,32,33,36)/t27-/m0/s1. The third-order valence-electron chi connectivity index (χ3n) is 6.52. The molecule has 1 aromatic heterocycles. The number of nitrogens with one attached hydrogen (secondary N) is 1. The predicted molar refractivity (Wildman–Crippen MR) is 150 cm³/mol. The highest BCUT2D eigenvalue weighted by Gasteiger charge is 2.26. The summed E-state index contributed by atoms with van der Waals surface area (Å²) in [6.45, 7) is 3.37. The summed E-state index contributed by atoms with van der Waals surface area (Å²) in [6, 6.07) is 26.4. The largest absolute Gasteiger partial charge is 0.494 e. The molecule has 1 atom stereocenters. The van der Waals surface area contributed by atoms with E-state index in [0.29, 0.717) is 37.0 Å². The number of anilines is 1. The van der Waals surface area contributed by atoms with Gasteiger partial charge >= 0.3 is 0 Å². The second-order valence-electron chi connectivity index (χ2n) is 9.35. The number of amides is 2. The van der Waals surface area contributed by atoms with Gasteiger partial charge in [0.1, 0.15) is 12.3 Å². The molecule has 1 aliphatic heterocycles. The maximum Gasteiger partial charge on any atom is 0.254 e. The lowest BCUT2D eigenvalue weighted by atomic mass is 10.1. The van der Waals surface area contributed by atoms with Gasteiger partial charge in [-0.1, -0.05) is 54.6 Å². The lowest BCUT2D eigenvalue weighted by Gasteiger charge is -2.25. The predicted octanol–water partition coefficient (Wildman–Crippen LogP) is 5.20. The summed E-state index contributed by atoms with van der Waals surface area (Å²) in [4.78, 5) is 33.1. The Morgan fingerprint density at radius 2 is 1.82 bits per heavy atom. The summed E-state index contributed by atoms with van der Waals surface area (Å²) >= 11 is 0. The zero-order chi connectivity index (χ0) is 27.0. The zero-order valence-electron chi connectivity index (χ0n) is 22.0. The fourth-order valence-corrected chi connectivity index (χ4v) is 4.66. The second kappa shape index (κ2) is 12.4. The van der Waals surface area contributed by atoms with Crippen molar-refractivity contribution in [3.8, 4) is 22.7 Å². The molecule has 1 aliphatic rings. The third-order valence-corrected chi connectivity index (χ3v) is 6.52. The van der Waals surface area contributed by atoms with Crippen molar-refractivity contribution < 1.29 is 19.1 Å². The Hall–Kier alpha value is -4.43. The molecule has 2 amide bonds. The van der Waals surface area contributed by atoms with E-state index in [1.807, 2.05) is 90.5 Å².